The van der Waals surface area contributed by atoms with E-state index in [4.69, 9.17) is 16.6 Å². The molecule has 0 N–H and O–H groups in total. The van der Waals surface area contributed by atoms with E-state index >= 15 is 0 Å². The van der Waals surface area contributed by atoms with Crippen molar-refractivity contribution < 1.29 is 0 Å². The van der Waals surface area contributed by atoms with Gasteiger partial charge < -0.3 is 4.57 Å². The van der Waals surface area contributed by atoms with E-state index in [2.05, 4.69) is 27.5 Å². The lowest BCUT2D eigenvalue weighted by Gasteiger charge is -2.09. The van der Waals surface area contributed by atoms with Crippen molar-refractivity contribution in [2.24, 2.45) is 0 Å². The maximum atomic E-state index is 5.90. The molecule has 0 aliphatic rings. The number of hydrogen-bond donors (Lipinski definition) is 0. The van der Waals surface area contributed by atoms with Crippen LogP contribution in [0.5, 0.6) is 0 Å². The molecule has 0 amide bonds. The zero-order valence-electron chi connectivity index (χ0n) is 11.3. The molecule has 0 atom stereocenters. The van der Waals surface area contributed by atoms with Crippen LogP contribution in [-0.2, 0) is 13.0 Å². The minimum absolute atomic E-state index is 0.562. The summed E-state index contributed by atoms with van der Waals surface area (Å²) in [5.74, 6) is 1.56. The molecular weight excluding hydrogens is 272 g/mol. The summed E-state index contributed by atoms with van der Waals surface area (Å²) >= 11 is 5.90. The molecule has 0 radical (unpaired) electrons. The molecule has 0 unspecified atom stereocenters. The predicted octanol–water partition coefficient (Wildman–Crippen LogP) is 2.96. The number of fused-ring (bicyclic) bond motifs is 1. The smallest absolute Gasteiger partial charge is 0.115 e. The summed E-state index contributed by atoms with van der Waals surface area (Å²) in [6.07, 6.45) is 4.08. The number of alkyl halides is 1. The average molecular weight is 287 g/mol. The van der Waals surface area contributed by atoms with Gasteiger partial charge in [-0.2, -0.15) is 0 Å². The van der Waals surface area contributed by atoms with E-state index in [0.29, 0.717) is 12.4 Å². The lowest BCUT2D eigenvalue weighted by atomic mass is 10.2. The number of rotatable bonds is 4. The third-order valence-electron chi connectivity index (χ3n) is 3.33. The molecule has 3 rings (SSSR count). The van der Waals surface area contributed by atoms with Crippen molar-refractivity contribution in [2.75, 3.05) is 5.88 Å². The number of hydrogen-bond acceptors (Lipinski definition) is 3. The Balaban J connectivity index is 2.13. The molecule has 20 heavy (non-hydrogen) atoms. The number of para-hydroxylation sites is 1. The molecule has 102 valence electrons. The van der Waals surface area contributed by atoms with Crippen LogP contribution in [0.3, 0.4) is 0 Å². The van der Waals surface area contributed by atoms with Crippen LogP contribution >= 0.6 is 11.6 Å². The molecule has 0 bridgehead atoms. The van der Waals surface area contributed by atoms with Gasteiger partial charge in [0, 0.05) is 18.5 Å². The Kier molecular flexibility index (Phi) is 3.65. The van der Waals surface area contributed by atoms with Crippen LogP contribution in [0.15, 0.2) is 36.8 Å². The maximum absolute atomic E-state index is 5.90. The van der Waals surface area contributed by atoms with Gasteiger partial charge in [0.2, 0.25) is 0 Å². The highest BCUT2D eigenvalue weighted by atomic mass is 35.5. The Labute approximate surface area is 122 Å². The molecule has 3 aromatic rings. The number of halogens is 1. The average Bonchev–Trinajstić information content (AvgIpc) is 2.80. The largest absolute Gasteiger partial charge is 0.322 e. The Morgan fingerprint density at radius 2 is 2.15 bits per heavy atom. The van der Waals surface area contributed by atoms with Crippen LogP contribution in [0.1, 0.15) is 17.1 Å². The zero-order chi connectivity index (χ0) is 13.9. The van der Waals surface area contributed by atoms with Gasteiger partial charge in [-0.25, -0.2) is 15.0 Å². The zero-order valence-corrected chi connectivity index (χ0v) is 12.0. The van der Waals surface area contributed by atoms with Gasteiger partial charge in [0.05, 0.1) is 23.3 Å². The van der Waals surface area contributed by atoms with E-state index in [1.807, 2.05) is 18.2 Å². The predicted molar refractivity (Wildman–Crippen MR) is 80.0 cm³/mol. The van der Waals surface area contributed by atoms with Crippen molar-refractivity contribution in [3.63, 3.8) is 0 Å². The molecule has 5 heteroatoms. The first-order chi connectivity index (χ1) is 9.79. The maximum Gasteiger partial charge on any atom is 0.115 e. The molecular formula is C15H15ClN4. The fourth-order valence-electron chi connectivity index (χ4n) is 2.43. The molecule has 0 saturated heterocycles. The fraction of sp³-hybridized carbons (Fsp3) is 0.267. The van der Waals surface area contributed by atoms with E-state index in [1.165, 1.54) is 5.56 Å². The minimum Gasteiger partial charge on any atom is -0.322 e. The summed E-state index contributed by atoms with van der Waals surface area (Å²) in [5.41, 5.74) is 4.36. The van der Waals surface area contributed by atoms with E-state index in [0.717, 1.165) is 29.0 Å². The molecule has 0 aliphatic heterocycles. The summed E-state index contributed by atoms with van der Waals surface area (Å²) in [7, 11) is 0. The lowest BCUT2D eigenvalue weighted by Crippen LogP contribution is -2.07. The molecule has 0 spiro atoms. The second-order valence-corrected chi connectivity index (χ2v) is 5.07. The van der Waals surface area contributed by atoms with Gasteiger partial charge in [0.1, 0.15) is 12.2 Å². The summed E-state index contributed by atoms with van der Waals surface area (Å²) in [6, 6.07) is 8.10. The molecule has 1 aromatic carbocycles. The van der Waals surface area contributed by atoms with Crippen LogP contribution in [0.2, 0.25) is 0 Å². The van der Waals surface area contributed by atoms with Gasteiger partial charge in [-0.3, -0.25) is 0 Å². The number of aromatic nitrogens is 4. The second-order valence-electron chi connectivity index (χ2n) is 4.70. The number of nitrogens with zero attached hydrogens (tertiary/aromatic N) is 4. The summed E-state index contributed by atoms with van der Waals surface area (Å²) in [6.45, 7) is 2.79. The lowest BCUT2D eigenvalue weighted by molar-refractivity contribution is 0.733. The van der Waals surface area contributed by atoms with E-state index in [1.54, 1.807) is 12.5 Å². The monoisotopic (exact) mass is 286 g/mol. The topological polar surface area (TPSA) is 43.6 Å². The van der Waals surface area contributed by atoms with Crippen LogP contribution in [0.4, 0.5) is 0 Å². The normalized spacial score (nSPS) is 11.1. The Hall–Kier alpha value is -1.94. The van der Waals surface area contributed by atoms with Gasteiger partial charge in [-0.05, 0) is 24.6 Å². The van der Waals surface area contributed by atoms with Crippen LogP contribution in [0, 0.1) is 6.92 Å². The highest BCUT2D eigenvalue weighted by Gasteiger charge is 2.12. The first-order valence-corrected chi connectivity index (χ1v) is 7.08. The summed E-state index contributed by atoms with van der Waals surface area (Å²) < 4.78 is 2.20. The standard InChI is InChI=1S/C15H15ClN4/c1-11-3-2-4-13-15(11)20(14(19-13)5-7-16)9-12-6-8-17-10-18-12/h2-4,6,8,10H,5,7,9H2,1H3. The third kappa shape index (κ3) is 2.39. The number of imidazole rings is 1. The van der Waals surface area contributed by atoms with Crippen molar-refractivity contribution in [1.29, 1.82) is 0 Å². The quantitative estimate of drug-likeness (QED) is 0.693. The van der Waals surface area contributed by atoms with Gasteiger partial charge in [-0.15, -0.1) is 11.6 Å². The van der Waals surface area contributed by atoms with Gasteiger partial charge in [-0.1, -0.05) is 12.1 Å². The van der Waals surface area contributed by atoms with Crippen LogP contribution in [-0.4, -0.2) is 25.4 Å². The SMILES string of the molecule is Cc1cccc2nc(CCCl)n(Cc3ccncn3)c12. The Morgan fingerprint density at radius 1 is 1.25 bits per heavy atom. The highest BCUT2D eigenvalue weighted by Crippen LogP contribution is 2.21. The second kappa shape index (κ2) is 5.59. The highest BCUT2D eigenvalue weighted by molar-refractivity contribution is 6.17. The molecule has 2 heterocycles. The number of aryl methyl sites for hydroxylation is 2. The van der Waals surface area contributed by atoms with Crippen molar-refractivity contribution in [2.45, 2.75) is 19.9 Å². The molecule has 0 aliphatic carbocycles. The van der Waals surface area contributed by atoms with Gasteiger partial charge >= 0.3 is 0 Å². The van der Waals surface area contributed by atoms with E-state index in [9.17, 15) is 0 Å². The van der Waals surface area contributed by atoms with Crippen molar-refractivity contribution in [3.8, 4) is 0 Å². The van der Waals surface area contributed by atoms with Crippen molar-refractivity contribution in [1.82, 2.24) is 19.5 Å². The minimum atomic E-state index is 0.562. The summed E-state index contributed by atoms with van der Waals surface area (Å²) in [5, 5.41) is 0. The summed E-state index contributed by atoms with van der Waals surface area (Å²) in [4.78, 5) is 12.9. The van der Waals surface area contributed by atoms with Crippen molar-refractivity contribution in [3.05, 3.63) is 53.9 Å². The van der Waals surface area contributed by atoms with Gasteiger partial charge in [0.15, 0.2) is 0 Å². The van der Waals surface area contributed by atoms with Crippen LogP contribution < -0.4 is 0 Å². The first kappa shape index (κ1) is 13.1. The van der Waals surface area contributed by atoms with E-state index in [-0.39, 0.29) is 0 Å². The van der Waals surface area contributed by atoms with Gasteiger partial charge in [0.25, 0.3) is 0 Å². The molecule has 2 aromatic heterocycles. The molecule has 0 fully saturated rings. The Morgan fingerprint density at radius 3 is 2.90 bits per heavy atom. The third-order valence-corrected chi connectivity index (χ3v) is 3.52. The number of benzene rings is 1. The molecule has 4 nitrogen and oxygen atoms in total. The Bertz CT molecular complexity index is 721. The van der Waals surface area contributed by atoms with Crippen LogP contribution in [0.25, 0.3) is 11.0 Å². The fourth-order valence-corrected chi connectivity index (χ4v) is 2.60. The van der Waals surface area contributed by atoms with E-state index < -0.39 is 0 Å². The van der Waals surface area contributed by atoms with Crippen molar-refractivity contribution >= 4 is 22.6 Å². The molecule has 0 saturated carbocycles. The first-order valence-electron chi connectivity index (χ1n) is 6.55.